The Kier molecular flexibility index (Phi) is 10.6. The molecule has 0 aliphatic carbocycles. The van der Waals surface area contributed by atoms with Crippen molar-refractivity contribution in [2.24, 2.45) is 5.16 Å². The Hall–Kier alpha value is -6.02. The third-order valence-electron chi connectivity index (χ3n) is 8.63. The van der Waals surface area contributed by atoms with E-state index in [2.05, 4.69) is 20.8 Å². The molecule has 3 atom stereocenters. The molecule has 20 heteroatoms. The van der Waals surface area contributed by atoms with E-state index in [-0.39, 0.29) is 41.3 Å². The number of nitrogens with one attached hydrogen (secondary N) is 2. The van der Waals surface area contributed by atoms with Crippen LogP contribution in [-0.4, -0.2) is 104 Å². The highest BCUT2D eigenvalue weighted by Gasteiger charge is 2.55. The van der Waals surface area contributed by atoms with Crippen LogP contribution in [0.3, 0.4) is 0 Å². The van der Waals surface area contributed by atoms with Crippen molar-refractivity contribution in [2.45, 2.75) is 50.4 Å². The molecule has 6 N–H and O–H groups in total. The van der Waals surface area contributed by atoms with Gasteiger partial charge in [0.15, 0.2) is 29.8 Å². The SMILES string of the molecule is CC(=O)NC[C@H]1CN(c2ccc(-c3cc[n+](CC4=C(C(=O)O)N5C(=O)[C@@H](NC(=O)/C(=N\OC(C)(C)C(=O)O)c6csc(N)n6)C5SC4)cc3)cc2)C(=O)O1. The quantitative estimate of drug-likeness (QED) is 0.0709. The van der Waals surface area contributed by atoms with Crippen molar-refractivity contribution in [3.05, 3.63) is 71.1 Å². The first kappa shape index (κ1) is 37.7. The molecule has 0 radical (unpaired) electrons. The number of carbonyl (C=O) groups is 6. The van der Waals surface area contributed by atoms with Crippen LogP contribution in [-0.2, 0) is 40.1 Å². The van der Waals surface area contributed by atoms with Crippen molar-refractivity contribution in [1.82, 2.24) is 20.5 Å². The molecule has 282 valence electrons. The minimum Gasteiger partial charge on any atom is -0.478 e. The van der Waals surface area contributed by atoms with Crippen molar-refractivity contribution in [3.8, 4) is 11.1 Å². The molecule has 6 rings (SSSR count). The number of carboxylic acids is 2. The van der Waals surface area contributed by atoms with Crippen molar-refractivity contribution in [1.29, 1.82) is 0 Å². The van der Waals surface area contributed by atoms with E-state index in [4.69, 9.17) is 15.3 Å². The zero-order chi connectivity index (χ0) is 38.9. The van der Waals surface area contributed by atoms with Crippen molar-refractivity contribution < 1.29 is 53.1 Å². The number of anilines is 2. The number of hydrogen-bond donors (Lipinski definition) is 5. The van der Waals surface area contributed by atoms with Crippen LogP contribution in [0.4, 0.5) is 15.6 Å². The summed E-state index contributed by atoms with van der Waals surface area (Å²) in [4.78, 5) is 86.2. The first-order valence-corrected chi connectivity index (χ1v) is 18.3. The Labute approximate surface area is 315 Å². The van der Waals surface area contributed by atoms with E-state index in [1.807, 2.05) is 24.3 Å². The van der Waals surface area contributed by atoms with E-state index in [1.54, 1.807) is 29.1 Å². The number of nitrogens with two attached hydrogens (primary N) is 1. The van der Waals surface area contributed by atoms with Crippen LogP contribution < -0.4 is 25.8 Å². The van der Waals surface area contributed by atoms with Gasteiger partial charge in [-0.25, -0.2) is 23.9 Å². The summed E-state index contributed by atoms with van der Waals surface area (Å²) in [5.41, 5.74) is 6.25. The van der Waals surface area contributed by atoms with E-state index in [9.17, 15) is 39.0 Å². The fourth-order valence-electron chi connectivity index (χ4n) is 5.72. The Morgan fingerprint density at radius 1 is 1.11 bits per heavy atom. The number of carbonyl (C=O) groups excluding carboxylic acids is 4. The van der Waals surface area contributed by atoms with Crippen LogP contribution in [0, 0.1) is 0 Å². The Morgan fingerprint density at radius 2 is 1.80 bits per heavy atom. The maximum atomic E-state index is 13.4. The molecular weight excluding hydrogens is 745 g/mol. The summed E-state index contributed by atoms with van der Waals surface area (Å²) in [5.74, 6) is -4.11. The molecule has 2 fully saturated rings. The molecule has 5 heterocycles. The fraction of sp³-hybridized carbons (Fsp3) is 0.324. The molecule has 2 aromatic heterocycles. The molecule has 3 aliphatic rings. The normalized spacial score (nSPS) is 19.8. The summed E-state index contributed by atoms with van der Waals surface area (Å²) in [5, 5.41) is 29.4. The van der Waals surface area contributed by atoms with Gasteiger partial charge in [0.1, 0.15) is 28.9 Å². The summed E-state index contributed by atoms with van der Waals surface area (Å²) in [6, 6.07) is 9.94. The zero-order valence-electron chi connectivity index (χ0n) is 29.0. The van der Waals surface area contributed by atoms with Crippen molar-refractivity contribution in [3.63, 3.8) is 0 Å². The lowest BCUT2D eigenvalue weighted by Crippen LogP contribution is -2.71. The van der Waals surface area contributed by atoms with Gasteiger partial charge in [-0.15, -0.1) is 23.1 Å². The molecule has 54 heavy (non-hydrogen) atoms. The molecule has 4 amide bonds. The number of fused-ring (bicyclic) bond motifs is 1. The summed E-state index contributed by atoms with van der Waals surface area (Å²) in [6.45, 7) is 4.58. The summed E-state index contributed by atoms with van der Waals surface area (Å²) >= 11 is 2.30. The Bertz CT molecular complexity index is 2080. The highest BCUT2D eigenvalue weighted by Crippen LogP contribution is 2.40. The predicted octanol–water partition coefficient (Wildman–Crippen LogP) is 1.16. The number of carboxylic acid groups (broad SMARTS) is 2. The smallest absolute Gasteiger partial charge is 0.414 e. The predicted molar refractivity (Wildman–Crippen MR) is 194 cm³/mol. The number of cyclic esters (lactones) is 1. The number of β-lactam (4-membered cyclic amide) rings is 1. The molecule has 1 aromatic carbocycles. The second-order valence-corrected chi connectivity index (χ2v) is 14.9. The number of aliphatic carboxylic acids is 2. The van der Waals surface area contributed by atoms with Gasteiger partial charge < -0.3 is 36.2 Å². The number of ether oxygens (including phenoxy) is 1. The summed E-state index contributed by atoms with van der Waals surface area (Å²) in [7, 11) is 0. The molecule has 3 aliphatic heterocycles. The van der Waals surface area contributed by atoms with Crippen LogP contribution in [0.5, 0.6) is 0 Å². The average Bonchev–Trinajstić information content (AvgIpc) is 3.74. The van der Waals surface area contributed by atoms with E-state index in [0.717, 1.165) is 27.4 Å². The lowest BCUT2D eigenvalue weighted by Gasteiger charge is -2.49. The van der Waals surface area contributed by atoms with Gasteiger partial charge in [0, 0.05) is 41.4 Å². The third-order valence-corrected chi connectivity index (χ3v) is 10.6. The van der Waals surface area contributed by atoms with Gasteiger partial charge in [0.25, 0.3) is 11.8 Å². The molecule has 18 nitrogen and oxygen atoms in total. The maximum absolute atomic E-state index is 13.4. The van der Waals surface area contributed by atoms with Crippen LogP contribution in [0.25, 0.3) is 11.1 Å². The number of pyridine rings is 1. The maximum Gasteiger partial charge on any atom is 0.414 e. The number of hydrogen-bond acceptors (Lipinski definition) is 13. The zero-order valence-corrected chi connectivity index (χ0v) is 30.7. The van der Waals surface area contributed by atoms with E-state index in [1.165, 1.54) is 42.8 Å². The highest BCUT2D eigenvalue weighted by atomic mass is 32.2. The largest absolute Gasteiger partial charge is 0.478 e. The molecule has 0 saturated carbocycles. The lowest BCUT2D eigenvalue weighted by atomic mass is 10.0. The first-order chi connectivity index (χ1) is 25.6. The molecule has 2 saturated heterocycles. The standard InChI is InChI=1S/C34H34N8O10S2/c1-17(43)36-12-22-14-41(33(50)51-22)21-6-4-18(5-7-21)19-8-10-40(11-9-19)13-20-15-53-29-25(28(45)42(29)26(20)30(46)47)38-27(44)24(23-16-54-32(35)37-23)39-52-34(2,3)31(48)49/h4-11,16,22,25,29H,12-15H2,1-3H3,(H5-,35,36,37,38,43,44,46,47,48,49)/p+1/b39-24-/t22-,25+,29?/m0/s1. The number of thiazole rings is 1. The number of aromatic nitrogens is 2. The second kappa shape index (κ2) is 15.1. The van der Waals surface area contributed by atoms with Gasteiger partial charge in [-0.2, -0.15) is 0 Å². The van der Waals surface area contributed by atoms with E-state index >= 15 is 0 Å². The van der Waals surface area contributed by atoms with Crippen LogP contribution in [0.1, 0.15) is 26.5 Å². The first-order valence-electron chi connectivity index (χ1n) is 16.4. The topological polar surface area (TPSA) is 247 Å². The average molecular weight is 780 g/mol. The number of thioether (sulfide) groups is 1. The number of amides is 4. The number of benzene rings is 1. The van der Waals surface area contributed by atoms with Gasteiger partial charge in [-0.05, 0) is 37.1 Å². The van der Waals surface area contributed by atoms with Gasteiger partial charge in [-0.1, -0.05) is 17.3 Å². The highest BCUT2D eigenvalue weighted by molar-refractivity contribution is 8.00. The number of nitrogen functional groups attached to an aromatic ring is 1. The Balaban J connectivity index is 1.12. The van der Waals surface area contributed by atoms with E-state index in [0.29, 0.717) is 17.8 Å². The van der Waals surface area contributed by atoms with Crippen molar-refractivity contribution >= 4 is 75.4 Å². The number of rotatable bonds is 13. The van der Waals surface area contributed by atoms with Crippen LogP contribution in [0.15, 0.2) is 70.6 Å². The van der Waals surface area contributed by atoms with Gasteiger partial charge in [-0.3, -0.25) is 24.2 Å². The molecule has 0 spiro atoms. The van der Waals surface area contributed by atoms with Crippen LogP contribution in [0.2, 0.25) is 0 Å². The van der Waals surface area contributed by atoms with E-state index < -0.39 is 58.7 Å². The second-order valence-electron chi connectivity index (χ2n) is 12.9. The lowest BCUT2D eigenvalue weighted by molar-refractivity contribution is -0.689. The Morgan fingerprint density at radius 3 is 2.41 bits per heavy atom. The molecular formula is C34H35N8O10S2+. The molecule has 1 unspecified atom stereocenters. The number of oxime groups is 1. The molecule has 0 bridgehead atoms. The fourth-order valence-corrected chi connectivity index (χ4v) is 7.60. The van der Waals surface area contributed by atoms with Gasteiger partial charge in [0.05, 0.1) is 13.1 Å². The van der Waals surface area contributed by atoms with Crippen molar-refractivity contribution in [2.75, 3.05) is 29.5 Å². The molecule has 3 aromatic rings. The summed E-state index contributed by atoms with van der Waals surface area (Å²) in [6.07, 6.45) is 2.63. The third kappa shape index (κ3) is 7.83. The monoisotopic (exact) mass is 779 g/mol. The van der Waals surface area contributed by atoms with Gasteiger partial charge in [0.2, 0.25) is 11.5 Å². The summed E-state index contributed by atoms with van der Waals surface area (Å²) < 4.78 is 7.13. The van der Waals surface area contributed by atoms with Crippen LogP contribution >= 0.6 is 23.1 Å². The number of nitrogens with zero attached hydrogens (tertiary/aromatic N) is 5. The minimum absolute atomic E-state index is 0.00698. The minimum atomic E-state index is -1.79. The van der Waals surface area contributed by atoms with Gasteiger partial charge >= 0.3 is 18.0 Å².